The van der Waals surface area contributed by atoms with E-state index in [9.17, 15) is 0 Å². The van der Waals surface area contributed by atoms with E-state index in [4.69, 9.17) is 10.3 Å². The fraction of sp³-hybridized carbons (Fsp3) is 0.400. The number of pyridine rings is 1. The lowest BCUT2D eigenvalue weighted by molar-refractivity contribution is 0.412. The van der Waals surface area contributed by atoms with E-state index in [-0.39, 0.29) is 0 Å². The highest BCUT2D eigenvalue weighted by Gasteiger charge is 2.24. The van der Waals surface area contributed by atoms with Gasteiger partial charge in [0, 0.05) is 35.8 Å². The fourth-order valence-electron chi connectivity index (χ4n) is 3.09. The van der Waals surface area contributed by atoms with Crippen LogP contribution in [0.2, 0.25) is 0 Å². The Kier molecular flexibility index (Phi) is 2.96. The number of nitrogens with zero attached hydrogens (tertiary/aromatic N) is 3. The average Bonchev–Trinajstić information content (AvgIpc) is 3.18. The van der Waals surface area contributed by atoms with E-state index in [1.165, 1.54) is 0 Å². The summed E-state index contributed by atoms with van der Waals surface area (Å²) in [7, 11) is 0. The quantitative estimate of drug-likeness (QED) is 0.769. The molecule has 0 unspecified atom stereocenters. The number of nitrogens with one attached hydrogen (secondary N) is 1. The lowest BCUT2D eigenvalue weighted by Crippen LogP contribution is -2.15. The molecule has 6 heteroatoms. The molecule has 2 atom stereocenters. The van der Waals surface area contributed by atoms with Crippen LogP contribution in [-0.2, 0) is 6.42 Å². The van der Waals surface area contributed by atoms with Crippen molar-refractivity contribution in [1.82, 2.24) is 20.1 Å². The summed E-state index contributed by atoms with van der Waals surface area (Å²) in [6.45, 7) is 0. The smallest absolute Gasteiger partial charge is 0.274 e. The Labute approximate surface area is 121 Å². The predicted octanol–water partition coefficient (Wildman–Crippen LogP) is 2.28. The molecule has 108 valence electrons. The number of aromatic amines is 1. The fourth-order valence-corrected chi connectivity index (χ4v) is 3.09. The van der Waals surface area contributed by atoms with Gasteiger partial charge in [-0.25, -0.2) is 0 Å². The van der Waals surface area contributed by atoms with Crippen LogP contribution in [0, 0.1) is 5.92 Å². The third-order valence-corrected chi connectivity index (χ3v) is 4.17. The van der Waals surface area contributed by atoms with E-state index in [0.717, 1.165) is 48.1 Å². The first-order valence-corrected chi connectivity index (χ1v) is 7.29. The predicted molar refractivity (Wildman–Crippen MR) is 78.4 cm³/mol. The zero-order valence-electron chi connectivity index (χ0n) is 11.6. The Morgan fingerprint density at radius 1 is 1.38 bits per heavy atom. The monoisotopic (exact) mass is 283 g/mol. The maximum Gasteiger partial charge on any atom is 0.274 e. The van der Waals surface area contributed by atoms with E-state index in [1.54, 1.807) is 6.20 Å². The van der Waals surface area contributed by atoms with Gasteiger partial charge in [-0.2, -0.15) is 4.98 Å². The second kappa shape index (κ2) is 4.96. The van der Waals surface area contributed by atoms with Crippen molar-refractivity contribution in [3.8, 4) is 11.6 Å². The molecule has 0 radical (unpaired) electrons. The molecule has 0 aliphatic heterocycles. The van der Waals surface area contributed by atoms with E-state index < -0.39 is 0 Å². The average molecular weight is 283 g/mol. The zero-order valence-corrected chi connectivity index (χ0v) is 11.6. The molecule has 0 amide bonds. The second-order valence-electron chi connectivity index (χ2n) is 5.80. The van der Waals surface area contributed by atoms with Crippen LogP contribution in [0.4, 0.5) is 0 Å². The Hall–Kier alpha value is -2.21. The normalized spacial score (nSPS) is 22.1. The van der Waals surface area contributed by atoms with E-state index >= 15 is 0 Å². The van der Waals surface area contributed by atoms with Gasteiger partial charge in [0.25, 0.3) is 5.89 Å². The van der Waals surface area contributed by atoms with Gasteiger partial charge in [-0.1, -0.05) is 5.16 Å². The number of hydrogen-bond donors (Lipinski definition) is 2. The molecule has 1 aliphatic carbocycles. The summed E-state index contributed by atoms with van der Waals surface area (Å²) in [5.74, 6) is 1.88. The Balaban J connectivity index is 1.56. The molecule has 1 fully saturated rings. The standard InChI is InChI=1S/C15H17N5O/c16-11-2-1-9(5-11)6-14-19-15(21-20-14)13-7-10-8-17-4-3-12(10)18-13/h3-4,7-9,11,18H,1-2,5-6,16H2/t9-,11+/m1/s1. The number of nitrogens with two attached hydrogens (primary N) is 1. The SMILES string of the molecule is N[C@H]1CC[C@@H](Cc2noc(-c3cc4cnccc4[nH]3)n2)C1. The molecule has 21 heavy (non-hydrogen) atoms. The number of hydrogen-bond acceptors (Lipinski definition) is 5. The van der Waals surface area contributed by atoms with Gasteiger partial charge in [0.15, 0.2) is 5.82 Å². The van der Waals surface area contributed by atoms with Crippen molar-refractivity contribution in [2.45, 2.75) is 31.7 Å². The van der Waals surface area contributed by atoms with Gasteiger partial charge in [-0.05, 0) is 37.3 Å². The van der Waals surface area contributed by atoms with Crippen molar-refractivity contribution in [1.29, 1.82) is 0 Å². The maximum absolute atomic E-state index is 5.94. The number of fused-ring (bicyclic) bond motifs is 1. The molecule has 0 spiro atoms. The first-order chi connectivity index (χ1) is 10.3. The summed E-state index contributed by atoms with van der Waals surface area (Å²) in [5, 5.41) is 5.12. The van der Waals surface area contributed by atoms with Crippen LogP contribution in [0.25, 0.3) is 22.5 Å². The van der Waals surface area contributed by atoms with Crippen LogP contribution in [0.15, 0.2) is 29.0 Å². The molecule has 0 bridgehead atoms. The van der Waals surface area contributed by atoms with E-state index in [1.807, 2.05) is 18.3 Å². The highest BCUT2D eigenvalue weighted by molar-refractivity contribution is 5.83. The van der Waals surface area contributed by atoms with Crippen molar-refractivity contribution < 1.29 is 4.52 Å². The van der Waals surface area contributed by atoms with Crippen LogP contribution < -0.4 is 5.73 Å². The summed E-state index contributed by atoms with van der Waals surface area (Å²) >= 11 is 0. The maximum atomic E-state index is 5.94. The van der Waals surface area contributed by atoms with Crippen LogP contribution in [0.1, 0.15) is 25.1 Å². The summed E-state index contributed by atoms with van der Waals surface area (Å²) in [6.07, 6.45) is 7.73. The highest BCUT2D eigenvalue weighted by atomic mass is 16.5. The summed E-state index contributed by atoms with van der Waals surface area (Å²) in [4.78, 5) is 11.9. The minimum absolute atomic E-state index is 0.336. The Morgan fingerprint density at radius 3 is 3.14 bits per heavy atom. The number of rotatable bonds is 3. The van der Waals surface area contributed by atoms with Crippen molar-refractivity contribution >= 4 is 10.9 Å². The summed E-state index contributed by atoms with van der Waals surface area (Å²) in [5.41, 5.74) is 7.79. The largest absolute Gasteiger partial charge is 0.350 e. The van der Waals surface area contributed by atoms with Gasteiger partial charge in [0.2, 0.25) is 0 Å². The van der Waals surface area contributed by atoms with Gasteiger partial charge in [-0.3, -0.25) is 4.98 Å². The minimum Gasteiger partial charge on any atom is -0.350 e. The summed E-state index contributed by atoms with van der Waals surface area (Å²) in [6, 6.07) is 4.24. The van der Waals surface area contributed by atoms with Crippen LogP contribution in [0.3, 0.4) is 0 Å². The van der Waals surface area contributed by atoms with Gasteiger partial charge < -0.3 is 15.2 Å². The molecule has 3 aromatic heterocycles. The van der Waals surface area contributed by atoms with Gasteiger partial charge in [0.05, 0.1) is 0 Å². The third kappa shape index (κ3) is 2.42. The molecule has 0 aromatic carbocycles. The number of aromatic nitrogens is 4. The molecule has 1 aliphatic rings. The van der Waals surface area contributed by atoms with E-state index in [0.29, 0.717) is 17.9 Å². The van der Waals surface area contributed by atoms with Crippen LogP contribution in [0.5, 0.6) is 0 Å². The third-order valence-electron chi connectivity index (χ3n) is 4.17. The molecule has 3 heterocycles. The van der Waals surface area contributed by atoms with Gasteiger partial charge >= 0.3 is 0 Å². The zero-order chi connectivity index (χ0) is 14.2. The number of H-pyrrole nitrogens is 1. The van der Waals surface area contributed by atoms with Crippen LogP contribution in [-0.4, -0.2) is 26.2 Å². The highest BCUT2D eigenvalue weighted by Crippen LogP contribution is 2.28. The molecule has 6 nitrogen and oxygen atoms in total. The molecule has 3 aromatic rings. The minimum atomic E-state index is 0.336. The Morgan fingerprint density at radius 2 is 2.33 bits per heavy atom. The van der Waals surface area contributed by atoms with Crippen molar-refractivity contribution in [2.24, 2.45) is 11.7 Å². The van der Waals surface area contributed by atoms with Crippen LogP contribution >= 0.6 is 0 Å². The van der Waals surface area contributed by atoms with Crippen molar-refractivity contribution in [3.05, 3.63) is 30.4 Å². The van der Waals surface area contributed by atoms with Crippen molar-refractivity contribution in [3.63, 3.8) is 0 Å². The van der Waals surface area contributed by atoms with E-state index in [2.05, 4.69) is 20.1 Å². The molecular formula is C15H17N5O. The summed E-state index contributed by atoms with van der Waals surface area (Å²) < 4.78 is 5.37. The van der Waals surface area contributed by atoms with Crippen molar-refractivity contribution in [2.75, 3.05) is 0 Å². The first kappa shape index (κ1) is 12.5. The first-order valence-electron chi connectivity index (χ1n) is 7.29. The molecular weight excluding hydrogens is 266 g/mol. The molecule has 3 N–H and O–H groups in total. The van der Waals surface area contributed by atoms with Gasteiger partial charge in [0.1, 0.15) is 5.69 Å². The second-order valence-corrected chi connectivity index (χ2v) is 5.80. The lowest BCUT2D eigenvalue weighted by Gasteiger charge is -2.04. The van der Waals surface area contributed by atoms with Gasteiger partial charge in [-0.15, -0.1) is 0 Å². The molecule has 4 rings (SSSR count). The Bertz CT molecular complexity index is 729. The lowest BCUT2D eigenvalue weighted by atomic mass is 10.0. The molecule has 1 saturated carbocycles. The molecule has 0 saturated heterocycles. The topological polar surface area (TPSA) is 93.6 Å².